The van der Waals surface area contributed by atoms with Gasteiger partial charge in [0.15, 0.2) is 0 Å². The van der Waals surface area contributed by atoms with Crippen LogP contribution in [0.5, 0.6) is 0 Å². The molecular weight excluding hydrogens is 223 g/mol. The van der Waals surface area contributed by atoms with Gasteiger partial charge in [0.1, 0.15) is 0 Å². The first-order valence-electron chi connectivity index (χ1n) is 2.62. The van der Waals surface area contributed by atoms with Gasteiger partial charge in [0.05, 0.1) is 0 Å². The number of rotatable bonds is 0. The van der Waals surface area contributed by atoms with Crippen LogP contribution in [0.3, 0.4) is 0 Å². The van der Waals surface area contributed by atoms with Crippen LogP contribution in [0.4, 0.5) is 17.6 Å². The molecule has 0 spiro atoms. The molecule has 1 aromatic carbocycles. The zero-order valence-corrected chi connectivity index (χ0v) is 7.59. The van der Waals surface area contributed by atoms with Gasteiger partial charge < -0.3 is 0 Å². The summed E-state index contributed by atoms with van der Waals surface area (Å²) in [6.07, 6.45) is 0. The van der Waals surface area contributed by atoms with Crippen LogP contribution in [0.15, 0.2) is 6.07 Å². The second-order valence-electron chi connectivity index (χ2n) is 1.89. The third-order valence-electron chi connectivity index (χ3n) is 1.13. The Bertz CT molecular complexity index is 271. The molecule has 0 aliphatic carbocycles. The monoisotopic (exact) mass is 226 g/mol. The first-order chi connectivity index (χ1) is 5.04. The van der Waals surface area contributed by atoms with Crippen molar-refractivity contribution >= 4 is 21.2 Å². The molecule has 0 fully saturated rings. The summed E-state index contributed by atoms with van der Waals surface area (Å²) < 4.78 is 48.9. The first-order valence-corrected chi connectivity index (χ1v) is 3.83. The molecule has 0 N–H and O–H groups in total. The van der Waals surface area contributed by atoms with Gasteiger partial charge in [-0.15, -0.1) is 0 Å². The molecule has 0 aliphatic rings. The van der Waals surface area contributed by atoms with Crippen molar-refractivity contribution in [2.75, 3.05) is 0 Å². The van der Waals surface area contributed by atoms with Crippen LogP contribution in [0.1, 0.15) is 0 Å². The average Bonchev–Trinajstić information content (AvgIpc) is 1.97. The van der Waals surface area contributed by atoms with E-state index in [1.165, 1.54) is 0 Å². The van der Waals surface area contributed by atoms with E-state index in [2.05, 4.69) is 0 Å². The fraction of sp³-hybridized carbons (Fsp3) is 0. The number of hydrogen-bond donors (Lipinski definition) is 0. The van der Waals surface area contributed by atoms with Crippen LogP contribution in [0.25, 0.3) is 0 Å². The quantitative estimate of drug-likeness (QED) is 0.261. The fourth-order valence-corrected chi connectivity index (χ4v) is 1.16. The predicted octanol–water partition coefficient (Wildman–Crippen LogP) is 0.501. The summed E-state index contributed by atoms with van der Waals surface area (Å²) in [4.78, 5) is 0. The molecule has 0 heterocycles. The maximum absolute atomic E-state index is 12.4. The van der Waals surface area contributed by atoms with Crippen LogP contribution >= 0.6 is 0 Å². The summed E-state index contributed by atoms with van der Waals surface area (Å²) in [5, 5.41) is 0. The molecule has 0 aliphatic heterocycles. The molecule has 11 heavy (non-hydrogen) atoms. The standard InChI is InChI=1S/C6H3AsF4/c7-2-1-3(8)5(10)6(11)4(2)9/h1H,7H2. The van der Waals surface area contributed by atoms with Gasteiger partial charge in [-0.3, -0.25) is 0 Å². The summed E-state index contributed by atoms with van der Waals surface area (Å²) in [7, 11) is 0. The van der Waals surface area contributed by atoms with Crippen molar-refractivity contribution in [1.82, 2.24) is 0 Å². The summed E-state index contributed by atoms with van der Waals surface area (Å²) in [6, 6.07) is 0.633. The fourth-order valence-electron chi connectivity index (χ4n) is 0.591. The molecule has 0 bridgehead atoms. The average molecular weight is 226 g/mol. The first kappa shape index (κ1) is 8.59. The topological polar surface area (TPSA) is 0 Å². The molecular formula is C6H3AsF4. The van der Waals surface area contributed by atoms with Crippen molar-refractivity contribution in [3.8, 4) is 0 Å². The van der Waals surface area contributed by atoms with E-state index in [1.807, 2.05) is 0 Å². The zero-order valence-electron chi connectivity index (χ0n) is 5.17. The molecule has 0 amide bonds. The van der Waals surface area contributed by atoms with E-state index < -0.39 is 23.3 Å². The van der Waals surface area contributed by atoms with Gasteiger partial charge in [-0.1, -0.05) is 0 Å². The van der Waals surface area contributed by atoms with E-state index in [0.717, 1.165) is 0 Å². The molecule has 1 aromatic rings. The molecule has 0 saturated heterocycles. The van der Waals surface area contributed by atoms with Crippen LogP contribution < -0.4 is 4.35 Å². The number of halogens is 4. The van der Waals surface area contributed by atoms with Crippen molar-refractivity contribution in [3.63, 3.8) is 0 Å². The van der Waals surface area contributed by atoms with Crippen LogP contribution in [0, 0.1) is 23.3 Å². The van der Waals surface area contributed by atoms with Crippen LogP contribution in [-0.4, -0.2) is 16.9 Å². The second-order valence-corrected chi connectivity index (χ2v) is 3.19. The van der Waals surface area contributed by atoms with Gasteiger partial charge in [-0.05, 0) is 0 Å². The molecule has 5 heteroatoms. The molecule has 1 rings (SSSR count). The molecule has 0 radical (unpaired) electrons. The molecule has 1 unspecified atom stereocenters. The van der Waals surface area contributed by atoms with Gasteiger partial charge in [-0.2, -0.15) is 0 Å². The Kier molecular flexibility index (Phi) is 2.23. The van der Waals surface area contributed by atoms with Gasteiger partial charge in [0, 0.05) is 0 Å². The predicted molar refractivity (Wildman–Crippen MR) is 34.5 cm³/mol. The minimum absolute atomic E-state index is 0.186. The van der Waals surface area contributed by atoms with Gasteiger partial charge in [-0.25, -0.2) is 0 Å². The third-order valence-corrected chi connectivity index (χ3v) is 2.01. The van der Waals surface area contributed by atoms with Crippen molar-refractivity contribution in [2.45, 2.75) is 0 Å². The Labute approximate surface area is 68.7 Å². The Balaban J connectivity index is 3.46. The van der Waals surface area contributed by atoms with E-state index in [4.69, 9.17) is 0 Å². The number of hydrogen-bond acceptors (Lipinski definition) is 0. The maximum atomic E-state index is 12.4. The molecule has 0 nitrogen and oxygen atoms in total. The van der Waals surface area contributed by atoms with Crippen molar-refractivity contribution in [3.05, 3.63) is 29.3 Å². The Morgan fingerprint density at radius 2 is 1.45 bits per heavy atom. The summed E-state index contributed by atoms with van der Waals surface area (Å²) >= 11 is 0.702. The normalized spacial score (nSPS) is 10.3. The van der Waals surface area contributed by atoms with Crippen molar-refractivity contribution < 1.29 is 17.6 Å². The zero-order chi connectivity index (χ0) is 8.59. The minimum atomic E-state index is -1.76. The van der Waals surface area contributed by atoms with E-state index in [1.54, 1.807) is 0 Å². The Hall–Kier alpha value is -0.502. The summed E-state index contributed by atoms with van der Waals surface area (Å²) in [5.74, 6) is -6.18. The van der Waals surface area contributed by atoms with E-state index in [0.29, 0.717) is 22.9 Å². The number of benzene rings is 1. The molecule has 0 aromatic heterocycles. The van der Waals surface area contributed by atoms with Gasteiger partial charge >= 0.3 is 68.1 Å². The SMILES string of the molecule is Fc1cc([AsH2])c(F)c(F)c1F. The van der Waals surface area contributed by atoms with Crippen LogP contribution in [-0.2, 0) is 0 Å². The summed E-state index contributed by atoms with van der Waals surface area (Å²) in [6.45, 7) is 0. The molecule has 1 atom stereocenters. The van der Waals surface area contributed by atoms with Crippen molar-refractivity contribution in [2.24, 2.45) is 0 Å². The Morgan fingerprint density at radius 3 is 2.00 bits per heavy atom. The van der Waals surface area contributed by atoms with Crippen LogP contribution in [0.2, 0.25) is 0 Å². The van der Waals surface area contributed by atoms with E-state index in [9.17, 15) is 17.6 Å². The van der Waals surface area contributed by atoms with Gasteiger partial charge in [0.2, 0.25) is 0 Å². The van der Waals surface area contributed by atoms with E-state index >= 15 is 0 Å². The molecule has 60 valence electrons. The third kappa shape index (κ3) is 1.40. The molecule has 0 saturated carbocycles. The van der Waals surface area contributed by atoms with Gasteiger partial charge in [0.25, 0.3) is 0 Å². The van der Waals surface area contributed by atoms with E-state index in [-0.39, 0.29) is 4.35 Å². The second kappa shape index (κ2) is 2.86. The van der Waals surface area contributed by atoms with Crippen molar-refractivity contribution in [1.29, 1.82) is 0 Å². The summed E-state index contributed by atoms with van der Waals surface area (Å²) in [5.41, 5.74) is 0. The Morgan fingerprint density at radius 1 is 0.909 bits per heavy atom.